The van der Waals surface area contributed by atoms with Crippen LogP contribution in [0.2, 0.25) is 0 Å². The first-order chi connectivity index (χ1) is 13.1. The largest absolute Gasteiger partial charge is 0.493 e. The average molecular weight is 368 g/mol. The molecule has 2 fully saturated rings. The summed E-state index contributed by atoms with van der Waals surface area (Å²) >= 11 is 0. The van der Waals surface area contributed by atoms with E-state index in [9.17, 15) is 14.9 Å². The van der Waals surface area contributed by atoms with Crippen LogP contribution in [-0.4, -0.2) is 25.0 Å². The molecule has 0 atom stereocenters. The van der Waals surface area contributed by atoms with E-state index in [2.05, 4.69) is 5.32 Å². The molecule has 6 heteroatoms. The van der Waals surface area contributed by atoms with Gasteiger partial charge in [0.15, 0.2) is 11.5 Å². The Kier molecular flexibility index (Phi) is 6.12. The summed E-state index contributed by atoms with van der Waals surface area (Å²) in [5, 5.41) is 12.3. The van der Waals surface area contributed by atoms with Gasteiger partial charge in [-0.3, -0.25) is 9.59 Å². The van der Waals surface area contributed by atoms with Crippen molar-refractivity contribution in [3.8, 4) is 17.6 Å². The number of carbonyl (C=O) groups excluding carboxylic acids is 2. The smallest absolute Gasteiger partial charge is 0.314 e. The summed E-state index contributed by atoms with van der Waals surface area (Å²) < 4.78 is 10.7. The maximum Gasteiger partial charge on any atom is 0.314 e. The molecule has 6 nitrogen and oxygen atoms in total. The number of ether oxygens (including phenoxy) is 2. The molecule has 27 heavy (non-hydrogen) atoms. The summed E-state index contributed by atoms with van der Waals surface area (Å²) in [6, 6.07) is 7.09. The van der Waals surface area contributed by atoms with Gasteiger partial charge in [0, 0.05) is 6.04 Å². The third-order valence-corrected chi connectivity index (χ3v) is 4.93. The number of hydrogen-bond acceptors (Lipinski definition) is 5. The van der Waals surface area contributed by atoms with Gasteiger partial charge in [0.2, 0.25) is 0 Å². The first kappa shape index (κ1) is 19.0. The summed E-state index contributed by atoms with van der Waals surface area (Å²) in [4.78, 5) is 24.2. The van der Waals surface area contributed by atoms with Crippen LogP contribution in [0.3, 0.4) is 0 Å². The molecule has 2 aliphatic carbocycles. The van der Waals surface area contributed by atoms with Gasteiger partial charge in [0.05, 0.1) is 13.0 Å². The molecule has 3 rings (SSSR count). The van der Waals surface area contributed by atoms with Crippen LogP contribution < -0.4 is 14.8 Å². The zero-order valence-corrected chi connectivity index (χ0v) is 15.5. The van der Waals surface area contributed by atoms with Crippen molar-refractivity contribution in [3.63, 3.8) is 0 Å². The highest BCUT2D eigenvalue weighted by Gasteiger charge is 2.32. The molecule has 0 unspecified atom stereocenters. The van der Waals surface area contributed by atoms with E-state index in [0.717, 1.165) is 38.5 Å². The summed E-state index contributed by atoms with van der Waals surface area (Å²) in [5.74, 6) is 0.121. The van der Waals surface area contributed by atoms with Gasteiger partial charge >= 0.3 is 5.97 Å². The van der Waals surface area contributed by atoms with E-state index in [1.807, 2.05) is 6.07 Å². The molecule has 0 bridgehead atoms. The van der Waals surface area contributed by atoms with Crippen LogP contribution in [0.25, 0.3) is 6.08 Å². The molecule has 0 saturated heterocycles. The summed E-state index contributed by atoms with van der Waals surface area (Å²) in [6.45, 7) is 0. The lowest BCUT2D eigenvalue weighted by Gasteiger charge is -2.22. The number of rotatable bonds is 6. The van der Waals surface area contributed by atoms with E-state index >= 15 is 0 Å². The van der Waals surface area contributed by atoms with Crippen LogP contribution in [0.4, 0.5) is 0 Å². The van der Waals surface area contributed by atoms with Crippen LogP contribution in [0.1, 0.15) is 50.5 Å². The van der Waals surface area contributed by atoms with Gasteiger partial charge in [-0.25, -0.2) is 0 Å². The first-order valence-corrected chi connectivity index (χ1v) is 9.43. The highest BCUT2D eigenvalue weighted by atomic mass is 16.6. The van der Waals surface area contributed by atoms with Crippen molar-refractivity contribution in [2.75, 3.05) is 7.11 Å². The van der Waals surface area contributed by atoms with Gasteiger partial charge in [-0.1, -0.05) is 25.3 Å². The predicted octanol–water partition coefficient (Wildman–Crippen LogP) is 3.37. The quantitative estimate of drug-likeness (QED) is 0.360. The molecular formula is C21H24N2O4. The van der Waals surface area contributed by atoms with Crippen LogP contribution >= 0.6 is 0 Å². The fourth-order valence-electron chi connectivity index (χ4n) is 3.19. The van der Waals surface area contributed by atoms with E-state index < -0.39 is 0 Å². The van der Waals surface area contributed by atoms with E-state index in [0.29, 0.717) is 17.1 Å². The summed E-state index contributed by atoms with van der Waals surface area (Å²) in [6.07, 6.45) is 8.58. The lowest BCUT2D eigenvalue weighted by atomic mass is 9.95. The van der Waals surface area contributed by atoms with Crippen LogP contribution in [-0.2, 0) is 9.59 Å². The summed E-state index contributed by atoms with van der Waals surface area (Å²) in [5.41, 5.74) is 0.679. The molecule has 0 aromatic heterocycles. The van der Waals surface area contributed by atoms with Gasteiger partial charge in [0.1, 0.15) is 11.6 Å². The molecule has 1 aromatic carbocycles. The molecular weight excluding hydrogens is 344 g/mol. The molecule has 0 heterocycles. The molecule has 1 aromatic rings. The fourth-order valence-corrected chi connectivity index (χ4v) is 3.19. The Hall–Kier alpha value is -2.81. The Morgan fingerprint density at radius 3 is 2.52 bits per heavy atom. The number of benzene rings is 1. The molecule has 1 amide bonds. The first-order valence-electron chi connectivity index (χ1n) is 9.43. The van der Waals surface area contributed by atoms with Crippen LogP contribution in [0, 0.1) is 17.2 Å². The number of methoxy groups -OCH3 is 1. The minimum atomic E-state index is -0.354. The van der Waals surface area contributed by atoms with Crippen LogP contribution in [0.15, 0.2) is 23.8 Å². The second-order valence-electron chi connectivity index (χ2n) is 7.08. The number of nitriles is 1. The minimum Gasteiger partial charge on any atom is -0.493 e. The normalized spacial score (nSPS) is 17.7. The van der Waals surface area contributed by atoms with Crippen molar-refractivity contribution in [2.24, 2.45) is 5.92 Å². The molecule has 0 spiro atoms. The number of carbonyl (C=O) groups is 2. The number of hydrogen-bond donors (Lipinski definition) is 1. The predicted molar refractivity (Wildman–Crippen MR) is 100.0 cm³/mol. The Labute approximate surface area is 159 Å². The Balaban J connectivity index is 1.71. The lowest BCUT2D eigenvalue weighted by Crippen LogP contribution is -2.36. The zero-order chi connectivity index (χ0) is 19.2. The van der Waals surface area contributed by atoms with Crippen molar-refractivity contribution in [2.45, 2.75) is 51.0 Å². The average Bonchev–Trinajstić information content (AvgIpc) is 3.53. The van der Waals surface area contributed by atoms with Crippen LogP contribution in [0.5, 0.6) is 11.5 Å². The number of nitrogens with zero attached hydrogens (tertiary/aromatic N) is 1. The highest BCUT2D eigenvalue weighted by Crippen LogP contribution is 2.34. The van der Waals surface area contributed by atoms with Crippen molar-refractivity contribution in [3.05, 3.63) is 29.3 Å². The number of amides is 1. The van der Waals surface area contributed by atoms with Gasteiger partial charge in [0.25, 0.3) is 5.91 Å². The standard InChI is InChI=1S/C21H24N2O4/c1-26-19-12-14(7-10-18(19)27-21(25)15-8-9-15)11-16(13-22)20(24)23-17-5-3-2-4-6-17/h7,10-12,15,17H,2-6,8-9H2,1H3,(H,23,24)/b16-11+. The fraction of sp³-hybridized carbons (Fsp3) is 0.476. The third-order valence-electron chi connectivity index (χ3n) is 4.93. The molecule has 0 radical (unpaired) electrons. The number of nitrogens with one attached hydrogen (secondary N) is 1. The second-order valence-corrected chi connectivity index (χ2v) is 7.08. The maximum absolute atomic E-state index is 12.4. The molecule has 142 valence electrons. The maximum atomic E-state index is 12.4. The van der Waals surface area contributed by atoms with Crippen molar-refractivity contribution >= 4 is 18.0 Å². The second kappa shape index (κ2) is 8.72. The molecule has 2 saturated carbocycles. The van der Waals surface area contributed by atoms with E-state index in [4.69, 9.17) is 9.47 Å². The van der Waals surface area contributed by atoms with Crippen molar-refractivity contribution < 1.29 is 19.1 Å². The van der Waals surface area contributed by atoms with Gasteiger partial charge < -0.3 is 14.8 Å². The Bertz CT molecular complexity index is 784. The van der Waals surface area contributed by atoms with Crippen molar-refractivity contribution in [1.29, 1.82) is 5.26 Å². The van der Waals surface area contributed by atoms with Gasteiger partial charge in [-0.15, -0.1) is 0 Å². The highest BCUT2D eigenvalue weighted by molar-refractivity contribution is 6.01. The summed E-state index contributed by atoms with van der Waals surface area (Å²) in [7, 11) is 1.48. The van der Waals surface area contributed by atoms with E-state index in [-0.39, 0.29) is 29.4 Å². The Morgan fingerprint density at radius 1 is 1.15 bits per heavy atom. The third kappa shape index (κ3) is 5.10. The van der Waals surface area contributed by atoms with Gasteiger partial charge in [-0.2, -0.15) is 5.26 Å². The SMILES string of the molecule is COc1cc(/C=C(\C#N)C(=O)NC2CCCCC2)ccc1OC(=O)C1CC1. The van der Waals surface area contributed by atoms with Crippen molar-refractivity contribution in [1.82, 2.24) is 5.32 Å². The van der Waals surface area contributed by atoms with E-state index in [1.54, 1.807) is 18.2 Å². The number of esters is 1. The molecule has 1 N–H and O–H groups in total. The molecule has 2 aliphatic rings. The zero-order valence-electron chi connectivity index (χ0n) is 15.5. The van der Waals surface area contributed by atoms with Gasteiger partial charge in [-0.05, 0) is 49.5 Å². The molecule has 0 aliphatic heterocycles. The van der Waals surface area contributed by atoms with E-state index in [1.165, 1.54) is 19.6 Å². The lowest BCUT2D eigenvalue weighted by molar-refractivity contribution is -0.135. The Morgan fingerprint density at radius 2 is 1.89 bits per heavy atom. The monoisotopic (exact) mass is 368 g/mol. The minimum absolute atomic E-state index is 0.0112. The topological polar surface area (TPSA) is 88.4 Å².